The van der Waals surface area contributed by atoms with Crippen LogP contribution < -0.4 is 16.4 Å². The predicted molar refractivity (Wildman–Crippen MR) is 166 cm³/mol. The predicted octanol–water partition coefficient (Wildman–Crippen LogP) is 4.03. The minimum atomic E-state index is -3.52. The third-order valence-electron chi connectivity index (χ3n) is 6.50. The van der Waals surface area contributed by atoms with E-state index < -0.39 is 9.84 Å². The summed E-state index contributed by atoms with van der Waals surface area (Å²) in [7, 11) is -3.52. The molecule has 228 valence electrons. The summed E-state index contributed by atoms with van der Waals surface area (Å²) < 4.78 is 31.1. The lowest BCUT2D eigenvalue weighted by Gasteiger charge is -2.25. The van der Waals surface area contributed by atoms with Crippen LogP contribution >= 0.6 is 0 Å². The number of aromatic nitrogens is 1. The molecule has 0 fully saturated rings. The highest BCUT2D eigenvalue weighted by molar-refractivity contribution is 7.91. The van der Waals surface area contributed by atoms with Crippen LogP contribution in [-0.2, 0) is 14.6 Å². The van der Waals surface area contributed by atoms with Gasteiger partial charge in [-0.3, -0.25) is 4.90 Å². The first-order valence-electron chi connectivity index (χ1n) is 13.8. The molecule has 1 aromatic heterocycles. The summed E-state index contributed by atoms with van der Waals surface area (Å²) in [6, 6.07) is 15.9. The van der Waals surface area contributed by atoms with Crippen LogP contribution in [0.25, 0.3) is 0 Å². The Hall–Kier alpha value is -3.62. The first-order valence-corrected chi connectivity index (χ1v) is 15.5. The number of pyridine rings is 1. The molecule has 0 radical (unpaired) electrons. The molecular weight excluding hydrogens is 558 g/mol. The Morgan fingerprint density at radius 2 is 1.69 bits per heavy atom. The summed E-state index contributed by atoms with van der Waals surface area (Å²) in [5, 5.41) is 33.4. The topological polar surface area (TPSA) is 175 Å². The molecular formula is C29H41N7O5S. The summed E-state index contributed by atoms with van der Waals surface area (Å²) in [5.41, 5.74) is 9.15. The average molecular weight is 600 g/mol. The first kappa shape index (κ1) is 32.9. The number of ether oxygens (including phenoxy) is 1. The van der Waals surface area contributed by atoms with Crippen LogP contribution in [0.1, 0.15) is 19.4 Å². The van der Waals surface area contributed by atoms with Crippen molar-refractivity contribution >= 4 is 44.2 Å². The molecule has 0 saturated heterocycles. The van der Waals surface area contributed by atoms with Crippen LogP contribution in [0, 0.1) is 6.92 Å². The largest absolute Gasteiger partial charge is 0.395 e. The minimum Gasteiger partial charge on any atom is -0.395 e. The Bertz CT molecular complexity index is 1400. The maximum atomic E-state index is 12.9. The van der Waals surface area contributed by atoms with Gasteiger partial charge >= 0.3 is 0 Å². The second-order valence-electron chi connectivity index (χ2n) is 9.82. The molecule has 0 unspecified atom stereocenters. The first-order chi connectivity index (χ1) is 20.2. The molecule has 0 saturated carbocycles. The number of nitrogens with zero attached hydrogens (tertiary/aromatic N) is 4. The minimum absolute atomic E-state index is 0.0270. The Labute approximate surface area is 247 Å². The number of aliphatic hydroxyl groups excluding tert-OH is 2. The number of hydrogen-bond donors (Lipinski definition) is 5. The van der Waals surface area contributed by atoms with Crippen molar-refractivity contribution in [3.8, 4) is 0 Å². The van der Waals surface area contributed by atoms with Crippen LogP contribution in [0.2, 0.25) is 0 Å². The van der Waals surface area contributed by atoms with Crippen molar-refractivity contribution in [3.05, 3.63) is 60.2 Å². The SMILES string of the molecule is Cc1c(N)c(NCCOCCO)nc(Nc2ccccc2)c1/N=N/c1ccc(S(=O)(=O)CCN(CCO)C(C)C)cc1. The summed E-state index contributed by atoms with van der Waals surface area (Å²) in [6.07, 6.45) is 0. The number of benzene rings is 2. The molecule has 0 bridgehead atoms. The number of nitrogens with two attached hydrogens (primary N) is 1. The number of anilines is 4. The molecule has 0 aliphatic rings. The summed E-state index contributed by atoms with van der Waals surface area (Å²) in [5.74, 6) is 0.841. The van der Waals surface area contributed by atoms with Crippen molar-refractivity contribution < 1.29 is 23.4 Å². The van der Waals surface area contributed by atoms with Gasteiger partial charge < -0.3 is 31.3 Å². The number of nitrogens with one attached hydrogen (secondary N) is 2. The van der Waals surface area contributed by atoms with Crippen molar-refractivity contribution in [1.82, 2.24) is 9.88 Å². The number of rotatable bonds is 17. The standard InChI is InChI=1S/C29H41N7O5S/c1-21(2)36(14-16-37)15-20-42(39,40)25-11-9-24(10-12-25)34-35-27-22(3)26(30)28(31-13-18-41-19-17-38)33-29(27)32-23-7-5-4-6-8-23/h4-12,21,37-38H,13-20,30H2,1-3H3,(H2,31,32,33)/b35-34+. The van der Waals surface area contributed by atoms with Gasteiger partial charge in [0.2, 0.25) is 0 Å². The summed E-state index contributed by atoms with van der Waals surface area (Å²) in [6.45, 7) is 7.48. The molecule has 42 heavy (non-hydrogen) atoms. The van der Waals surface area contributed by atoms with Gasteiger partial charge in [0, 0.05) is 36.9 Å². The van der Waals surface area contributed by atoms with E-state index in [0.29, 0.717) is 60.5 Å². The van der Waals surface area contributed by atoms with E-state index in [1.54, 1.807) is 12.1 Å². The highest BCUT2D eigenvalue weighted by Gasteiger charge is 2.19. The Kier molecular flexibility index (Phi) is 12.6. The molecule has 0 amide bonds. The molecule has 0 aliphatic heterocycles. The fraction of sp³-hybridized carbons (Fsp3) is 0.414. The molecule has 0 aliphatic carbocycles. The molecule has 2 aromatic carbocycles. The number of aliphatic hydroxyl groups is 2. The van der Waals surface area contributed by atoms with E-state index in [4.69, 9.17) is 15.6 Å². The van der Waals surface area contributed by atoms with E-state index >= 15 is 0 Å². The fourth-order valence-corrected chi connectivity index (χ4v) is 5.32. The zero-order valence-corrected chi connectivity index (χ0v) is 25.1. The number of sulfone groups is 1. The molecule has 3 rings (SSSR count). The quantitative estimate of drug-likeness (QED) is 0.113. The average Bonchev–Trinajstić information content (AvgIpc) is 2.98. The van der Waals surface area contributed by atoms with Crippen molar-refractivity contribution in [3.63, 3.8) is 0 Å². The third kappa shape index (κ3) is 9.46. The second-order valence-corrected chi connectivity index (χ2v) is 11.9. The highest BCUT2D eigenvalue weighted by atomic mass is 32.2. The maximum absolute atomic E-state index is 12.9. The zero-order valence-electron chi connectivity index (χ0n) is 24.3. The second kappa shape index (κ2) is 16.1. The Balaban J connectivity index is 1.82. The van der Waals surface area contributed by atoms with E-state index in [1.165, 1.54) is 12.1 Å². The van der Waals surface area contributed by atoms with Gasteiger partial charge in [0.05, 0.1) is 48.5 Å². The lowest BCUT2D eigenvalue weighted by Crippen LogP contribution is -2.37. The van der Waals surface area contributed by atoms with Crippen LogP contribution in [0.15, 0.2) is 69.7 Å². The van der Waals surface area contributed by atoms with Crippen LogP contribution in [0.4, 0.5) is 34.4 Å². The van der Waals surface area contributed by atoms with Crippen molar-refractivity contribution in [2.24, 2.45) is 10.2 Å². The van der Waals surface area contributed by atoms with Crippen LogP contribution in [0.5, 0.6) is 0 Å². The molecule has 0 spiro atoms. The number of para-hydroxylation sites is 1. The number of nitrogen functional groups attached to an aromatic ring is 1. The zero-order chi connectivity index (χ0) is 30.5. The molecule has 3 aromatic rings. The van der Waals surface area contributed by atoms with Gasteiger partial charge in [-0.1, -0.05) is 18.2 Å². The Morgan fingerprint density at radius 1 is 0.976 bits per heavy atom. The third-order valence-corrected chi connectivity index (χ3v) is 8.21. The van der Waals surface area contributed by atoms with Gasteiger partial charge in [-0.05, 0) is 57.2 Å². The van der Waals surface area contributed by atoms with Gasteiger partial charge in [-0.15, -0.1) is 5.11 Å². The van der Waals surface area contributed by atoms with Crippen molar-refractivity contribution in [2.45, 2.75) is 31.7 Å². The molecule has 6 N–H and O–H groups in total. The van der Waals surface area contributed by atoms with E-state index in [2.05, 4.69) is 25.8 Å². The fourth-order valence-electron chi connectivity index (χ4n) is 4.06. The monoisotopic (exact) mass is 599 g/mol. The van der Waals surface area contributed by atoms with Gasteiger partial charge in [-0.2, -0.15) is 5.11 Å². The van der Waals surface area contributed by atoms with Gasteiger partial charge in [-0.25, -0.2) is 13.4 Å². The molecule has 1 heterocycles. The maximum Gasteiger partial charge on any atom is 0.179 e. The van der Waals surface area contributed by atoms with Gasteiger partial charge in [0.15, 0.2) is 21.5 Å². The van der Waals surface area contributed by atoms with Crippen molar-refractivity contribution in [1.29, 1.82) is 0 Å². The molecule has 0 atom stereocenters. The van der Waals surface area contributed by atoms with Gasteiger partial charge in [0.25, 0.3) is 0 Å². The van der Waals surface area contributed by atoms with E-state index in [9.17, 15) is 13.5 Å². The highest BCUT2D eigenvalue weighted by Crippen LogP contribution is 2.38. The summed E-state index contributed by atoms with van der Waals surface area (Å²) in [4.78, 5) is 6.78. The lowest BCUT2D eigenvalue weighted by atomic mass is 10.2. The van der Waals surface area contributed by atoms with Crippen molar-refractivity contribution in [2.75, 3.05) is 68.2 Å². The summed E-state index contributed by atoms with van der Waals surface area (Å²) >= 11 is 0. The van der Waals surface area contributed by atoms with Gasteiger partial charge in [0.1, 0.15) is 5.69 Å². The van der Waals surface area contributed by atoms with E-state index in [-0.39, 0.29) is 36.5 Å². The van der Waals surface area contributed by atoms with E-state index in [0.717, 1.165) is 5.69 Å². The van der Waals surface area contributed by atoms with E-state index in [1.807, 2.05) is 56.0 Å². The Morgan fingerprint density at radius 3 is 2.33 bits per heavy atom. The molecule has 13 heteroatoms. The number of azo groups is 1. The normalized spacial score (nSPS) is 12.0. The van der Waals surface area contributed by atoms with Crippen LogP contribution in [-0.4, -0.2) is 86.4 Å². The molecule has 12 nitrogen and oxygen atoms in total. The lowest BCUT2D eigenvalue weighted by molar-refractivity contribution is 0.0992. The van der Waals surface area contributed by atoms with Crippen LogP contribution in [0.3, 0.4) is 0 Å². The smallest absolute Gasteiger partial charge is 0.179 e. The number of hydrogen-bond acceptors (Lipinski definition) is 12.